The van der Waals surface area contributed by atoms with Gasteiger partial charge in [-0.05, 0) is 38.5 Å². The van der Waals surface area contributed by atoms with Gasteiger partial charge in [0.2, 0.25) is 69.4 Å². The molecule has 0 heterocycles. The van der Waals surface area contributed by atoms with Crippen molar-refractivity contribution >= 4 is 46.9 Å². The molecule has 6 aliphatic rings. The molecular weight excluding hydrogens is 1580 g/mol. The number of aliphatic hydroxyl groups is 36. The van der Waals surface area contributed by atoms with E-state index in [0.29, 0.717) is 0 Å². The van der Waals surface area contributed by atoms with Gasteiger partial charge in [0.15, 0.2) is 0 Å². The Morgan fingerprint density at radius 3 is 0.196 bits per heavy atom. The monoisotopic (exact) mass is 1670 g/mol. The highest BCUT2D eigenvalue weighted by Crippen LogP contribution is 2.45. The lowest BCUT2D eigenvalue weighted by Crippen LogP contribution is -2.70. The molecule has 0 unspecified atom stereocenters. The predicted octanol–water partition coefficient (Wildman–Crippen LogP) is -22.3. The SMILES string of the molecule is O=P(O)(O)O.O=P(O)(O)O.O=P(O)(O)O.O=P(O)(O)O.O=P(O)(O)O.O=P(O)(O)O.OC1(O)CCCC(O)(O)C1(O)O.OC1(O)CCCC(O)(O)C1(O)O.OC1(O)CCCC(O)(O)C1(O)O.OC1(O)CCCC(O)(O)C1(O)O.OC1(O)CCCC(O)(O)C1(O)O.OC1(O)CCCC(O)(O)C1(O)O. The molecule has 60 nitrogen and oxygen atoms in total. The summed E-state index contributed by atoms with van der Waals surface area (Å²) < 4.78 is 53.3. The third-order valence-corrected chi connectivity index (χ3v) is 13.0. The third kappa shape index (κ3) is 39.7. The fourth-order valence-electron chi connectivity index (χ4n) is 7.50. The van der Waals surface area contributed by atoms with Gasteiger partial charge >= 0.3 is 46.9 Å². The maximum atomic E-state index is 8.99. The van der Waals surface area contributed by atoms with E-state index in [-0.39, 0.29) is 116 Å². The van der Waals surface area contributed by atoms with Crippen molar-refractivity contribution in [3.8, 4) is 0 Å². The molecule has 0 aromatic carbocycles. The molecule has 6 fully saturated rings. The molecule has 6 saturated carbocycles. The van der Waals surface area contributed by atoms with E-state index in [1.807, 2.05) is 0 Å². The Balaban J connectivity index is -0.000000251. The maximum Gasteiger partial charge on any atom is 0.466 e. The van der Waals surface area contributed by atoms with Gasteiger partial charge in [0.25, 0.3) is 34.7 Å². The van der Waals surface area contributed by atoms with Crippen molar-refractivity contribution in [3.05, 3.63) is 0 Å². The summed E-state index contributed by atoms with van der Waals surface area (Å²) in [5.41, 5.74) is 0. The first kappa shape index (κ1) is 112. The first-order valence-electron chi connectivity index (χ1n) is 26.0. The molecule has 102 heavy (non-hydrogen) atoms. The highest BCUT2D eigenvalue weighted by molar-refractivity contribution is 7.46. The Morgan fingerprint density at radius 1 is 0.127 bits per heavy atom. The molecule has 66 heteroatoms. The number of rotatable bonds is 0. The zero-order valence-corrected chi connectivity index (χ0v) is 56.4. The van der Waals surface area contributed by atoms with Crippen molar-refractivity contribution in [2.24, 2.45) is 0 Å². The highest BCUT2D eigenvalue weighted by atomic mass is 31.2. The Morgan fingerprint density at radius 2 is 0.167 bits per heavy atom. The van der Waals surface area contributed by atoms with Crippen molar-refractivity contribution in [3.63, 3.8) is 0 Å². The smallest absolute Gasteiger partial charge is 0.361 e. The lowest BCUT2D eigenvalue weighted by molar-refractivity contribution is -0.466. The minimum atomic E-state index is -4.64. The van der Waals surface area contributed by atoms with Crippen LogP contribution in [0.2, 0.25) is 0 Å². The average Bonchev–Trinajstić information content (AvgIpc) is 3.28. The molecule has 624 valence electrons. The second-order valence-corrected chi connectivity index (χ2v) is 28.2. The molecule has 6 rings (SSSR count). The van der Waals surface area contributed by atoms with Gasteiger partial charge in [-0.1, -0.05) is 0 Å². The molecule has 0 bridgehead atoms. The Hall–Kier alpha value is -0.780. The minimum absolute atomic E-state index is 0.0862. The van der Waals surface area contributed by atoms with E-state index in [1.54, 1.807) is 0 Å². The van der Waals surface area contributed by atoms with Crippen LogP contribution in [-0.2, 0) is 27.4 Å². The van der Waals surface area contributed by atoms with Gasteiger partial charge in [-0.15, -0.1) is 0 Å². The van der Waals surface area contributed by atoms with Crippen molar-refractivity contribution in [1.29, 1.82) is 0 Å². The summed E-state index contributed by atoms with van der Waals surface area (Å²) in [5.74, 6) is -54.4. The summed E-state index contributed by atoms with van der Waals surface area (Å²) in [6, 6.07) is 0. The van der Waals surface area contributed by atoms with Gasteiger partial charge in [0, 0.05) is 77.0 Å². The molecule has 0 saturated heterocycles. The predicted molar refractivity (Wildman–Crippen MR) is 298 cm³/mol. The van der Waals surface area contributed by atoms with Crippen LogP contribution in [0.3, 0.4) is 0 Å². The van der Waals surface area contributed by atoms with E-state index < -0.39 is 151 Å². The molecule has 0 aromatic rings. The van der Waals surface area contributed by atoms with Crippen molar-refractivity contribution < 1.29 is 299 Å². The maximum absolute atomic E-state index is 8.99. The molecule has 6 aliphatic carbocycles. The van der Waals surface area contributed by atoms with Gasteiger partial charge < -0.3 is 272 Å². The van der Waals surface area contributed by atoms with E-state index in [9.17, 15) is 0 Å². The second kappa shape index (κ2) is 38.0. The van der Waals surface area contributed by atoms with E-state index in [4.69, 9.17) is 299 Å². The topological polar surface area (TPSA) is 1190 Å². The standard InChI is InChI=1S/6C6H12O6.6H3O4P/c6*7-4(8)2-1-3-5(9,10)6(4,11)12;6*1-5(2,3)4/h6*7-12H,1-3H2;6*(H3,1,2,3,4). The number of hydrogen-bond donors (Lipinski definition) is 54. The Kier molecular flexibility index (Phi) is 41.7. The van der Waals surface area contributed by atoms with Gasteiger partial charge in [0.1, 0.15) is 0 Å². The molecule has 54 N–H and O–H groups in total. The summed E-state index contributed by atoms with van der Waals surface area (Å²) in [6.45, 7) is 0. The first-order valence-corrected chi connectivity index (χ1v) is 35.4. The van der Waals surface area contributed by atoms with Crippen LogP contribution in [0.1, 0.15) is 116 Å². The highest BCUT2D eigenvalue weighted by Gasteiger charge is 2.68. The first-order chi connectivity index (χ1) is 43.2. The van der Waals surface area contributed by atoms with Crippen LogP contribution in [0.15, 0.2) is 0 Å². The molecular formula is C36H90O60P6. The quantitative estimate of drug-likeness (QED) is 0.0791. The Labute approximate surface area is 565 Å². The van der Waals surface area contributed by atoms with Crippen molar-refractivity contribution in [1.82, 2.24) is 0 Å². The molecule has 0 radical (unpaired) electrons. The van der Waals surface area contributed by atoms with Crippen LogP contribution in [-0.4, -0.2) is 376 Å². The van der Waals surface area contributed by atoms with Gasteiger partial charge in [-0.25, -0.2) is 27.4 Å². The van der Waals surface area contributed by atoms with E-state index in [2.05, 4.69) is 0 Å². The van der Waals surface area contributed by atoms with Crippen LogP contribution in [0, 0.1) is 0 Å². The van der Waals surface area contributed by atoms with Crippen LogP contribution in [0.5, 0.6) is 0 Å². The summed E-state index contributed by atoms with van der Waals surface area (Å²) >= 11 is 0. The van der Waals surface area contributed by atoms with E-state index in [0.717, 1.165) is 0 Å². The normalized spacial score (nSPS) is 25.7. The molecule has 0 atom stereocenters. The second-order valence-electron chi connectivity index (χ2n) is 22.0. The zero-order valence-electron chi connectivity index (χ0n) is 51.0. The van der Waals surface area contributed by atoms with Crippen LogP contribution >= 0.6 is 46.9 Å². The molecule has 0 aromatic heterocycles. The fraction of sp³-hybridized carbons (Fsp3) is 1.00. The third-order valence-electron chi connectivity index (χ3n) is 13.0. The average molecular weight is 1670 g/mol. The summed E-state index contributed by atoms with van der Waals surface area (Å²) in [4.78, 5) is 129. The van der Waals surface area contributed by atoms with Gasteiger partial charge in [0.05, 0.1) is 0 Å². The lowest BCUT2D eigenvalue weighted by Gasteiger charge is -2.46. The van der Waals surface area contributed by atoms with Crippen molar-refractivity contribution in [2.75, 3.05) is 0 Å². The number of phosphoric acid groups is 6. The molecule has 0 spiro atoms. The van der Waals surface area contributed by atoms with Crippen LogP contribution in [0.4, 0.5) is 0 Å². The molecule has 0 aliphatic heterocycles. The summed E-state index contributed by atoms with van der Waals surface area (Å²) in [6.07, 6.45) is -3.28. The van der Waals surface area contributed by atoms with Crippen LogP contribution < -0.4 is 0 Å². The summed E-state index contributed by atoms with van der Waals surface area (Å²) in [5, 5.41) is 323. The van der Waals surface area contributed by atoms with E-state index in [1.165, 1.54) is 0 Å². The van der Waals surface area contributed by atoms with Crippen molar-refractivity contribution in [2.45, 2.75) is 220 Å². The number of hydrogen-bond acceptors (Lipinski definition) is 42. The Bertz CT molecular complexity index is 2150. The molecule has 0 amide bonds. The largest absolute Gasteiger partial charge is 0.466 e. The van der Waals surface area contributed by atoms with Gasteiger partial charge in [-0.2, -0.15) is 0 Å². The van der Waals surface area contributed by atoms with E-state index >= 15 is 0 Å². The summed E-state index contributed by atoms with van der Waals surface area (Å²) in [7, 11) is -27.8. The minimum Gasteiger partial charge on any atom is -0.361 e. The lowest BCUT2D eigenvalue weighted by atomic mass is 9.83. The van der Waals surface area contributed by atoms with Crippen LogP contribution in [0.25, 0.3) is 0 Å². The van der Waals surface area contributed by atoms with Gasteiger partial charge in [-0.3, -0.25) is 0 Å². The fourth-order valence-corrected chi connectivity index (χ4v) is 7.50. The zero-order chi connectivity index (χ0) is 84.7.